The molecule has 0 saturated heterocycles. The normalized spacial score (nSPS) is 9.62. The highest BCUT2D eigenvalue weighted by atomic mass is 16.4. The Morgan fingerprint density at radius 2 is 2.46 bits per heavy atom. The zero-order valence-electron chi connectivity index (χ0n) is 7.02. The Kier molecular flexibility index (Phi) is 2.63. The number of likely N-dealkylation sites (N-methyl/N-ethyl adjacent to an activating group) is 1. The molecule has 0 radical (unpaired) electrons. The van der Waals surface area contributed by atoms with Gasteiger partial charge in [0, 0.05) is 13.1 Å². The predicted octanol–water partition coefficient (Wildman–Crippen LogP) is -0.709. The molecule has 70 valence electrons. The number of carbonyl (C=O) groups is 1. The summed E-state index contributed by atoms with van der Waals surface area (Å²) >= 11 is 0. The highest BCUT2D eigenvalue weighted by Gasteiger charge is 2.05. The molecular weight excluding hydrogens is 174 g/mol. The average molecular weight is 183 g/mol. The molecule has 0 aliphatic rings. The molecule has 0 aliphatic heterocycles. The number of nitrogens with one attached hydrogen (secondary N) is 1. The van der Waals surface area contributed by atoms with Gasteiger partial charge in [-0.15, -0.1) is 0 Å². The van der Waals surface area contributed by atoms with Crippen LogP contribution in [0.25, 0.3) is 0 Å². The molecule has 0 aliphatic carbocycles. The number of rotatable bonds is 3. The number of H-pyrrole nitrogens is 1. The van der Waals surface area contributed by atoms with Crippen molar-refractivity contribution >= 4 is 11.7 Å². The molecule has 1 aromatic rings. The smallest absolute Gasteiger partial charge is 0.323 e. The van der Waals surface area contributed by atoms with Gasteiger partial charge in [0.2, 0.25) is 0 Å². The molecule has 1 heterocycles. The topological polar surface area (TPSA) is 86.3 Å². The van der Waals surface area contributed by atoms with E-state index in [2.05, 4.69) is 10.2 Å². The van der Waals surface area contributed by atoms with Gasteiger partial charge in [0.15, 0.2) is 0 Å². The largest absolute Gasteiger partial charge is 0.480 e. The number of nitrogens with zero attached hydrogens (tertiary/aromatic N) is 2. The van der Waals surface area contributed by atoms with Gasteiger partial charge in [0.1, 0.15) is 6.54 Å². The van der Waals surface area contributed by atoms with Crippen LogP contribution in [-0.2, 0) is 4.79 Å². The summed E-state index contributed by atoms with van der Waals surface area (Å²) in [6.07, 6.45) is 1.39. The van der Waals surface area contributed by atoms with Gasteiger partial charge >= 0.3 is 5.97 Å². The summed E-state index contributed by atoms with van der Waals surface area (Å²) in [5.74, 6) is -0.956. The minimum atomic E-state index is -0.956. The summed E-state index contributed by atoms with van der Waals surface area (Å²) in [6.45, 7) is -0.162. The lowest BCUT2D eigenvalue weighted by atomic mass is 10.4. The number of hydrogen-bond acceptors (Lipinski definition) is 4. The molecule has 6 nitrogen and oxygen atoms in total. The average Bonchev–Trinajstić information content (AvgIpc) is 2.03. The van der Waals surface area contributed by atoms with E-state index < -0.39 is 5.97 Å². The summed E-state index contributed by atoms with van der Waals surface area (Å²) < 4.78 is 0. The van der Waals surface area contributed by atoms with E-state index in [1.54, 1.807) is 7.05 Å². The minimum Gasteiger partial charge on any atom is -0.480 e. The number of carboxylic acids is 1. The number of aromatic amines is 1. The number of aromatic nitrogens is 2. The van der Waals surface area contributed by atoms with Crippen LogP contribution in [0.1, 0.15) is 0 Å². The lowest BCUT2D eigenvalue weighted by Gasteiger charge is -2.14. The Hall–Kier alpha value is -1.85. The van der Waals surface area contributed by atoms with Crippen LogP contribution in [0.5, 0.6) is 0 Å². The van der Waals surface area contributed by atoms with E-state index in [0.717, 1.165) is 0 Å². The summed E-state index contributed by atoms with van der Waals surface area (Å²) in [5.41, 5.74) is 0.126. The Labute approximate surface area is 73.8 Å². The highest BCUT2D eigenvalue weighted by Crippen LogP contribution is 2.04. The van der Waals surface area contributed by atoms with Gasteiger partial charge in [-0.05, 0) is 0 Å². The second-order valence-electron chi connectivity index (χ2n) is 2.55. The molecule has 0 saturated carbocycles. The first-order chi connectivity index (χ1) is 6.09. The summed E-state index contributed by atoms with van der Waals surface area (Å²) in [6, 6.07) is 1.29. The van der Waals surface area contributed by atoms with E-state index in [0.29, 0.717) is 5.69 Å². The van der Waals surface area contributed by atoms with Gasteiger partial charge in [-0.25, -0.2) is 5.10 Å². The number of aliphatic carboxylic acids is 1. The third-order valence-corrected chi connectivity index (χ3v) is 1.46. The fourth-order valence-corrected chi connectivity index (χ4v) is 0.869. The number of anilines is 1. The maximum Gasteiger partial charge on any atom is 0.323 e. The number of hydrogen-bond donors (Lipinski definition) is 2. The lowest BCUT2D eigenvalue weighted by molar-refractivity contribution is -0.135. The van der Waals surface area contributed by atoms with Crippen molar-refractivity contribution in [3.63, 3.8) is 0 Å². The third kappa shape index (κ3) is 2.58. The van der Waals surface area contributed by atoms with Crippen molar-refractivity contribution in [1.29, 1.82) is 0 Å². The minimum absolute atomic E-state index is 0.162. The molecule has 2 N–H and O–H groups in total. The van der Waals surface area contributed by atoms with E-state index in [9.17, 15) is 9.59 Å². The summed E-state index contributed by atoms with van der Waals surface area (Å²) in [4.78, 5) is 22.5. The standard InChI is InChI=1S/C7H9N3O3/c1-10(4-7(12)13)5-2-6(11)9-8-3-5/h2-3H,4H2,1H3,(H,9,11)(H,12,13). The van der Waals surface area contributed by atoms with Crippen molar-refractivity contribution in [3.8, 4) is 0 Å². The molecule has 0 amide bonds. The molecule has 0 spiro atoms. The maximum absolute atomic E-state index is 10.8. The second kappa shape index (κ2) is 3.70. The molecule has 6 heteroatoms. The summed E-state index contributed by atoms with van der Waals surface area (Å²) in [5, 5.41) is 14.2. The van der Waals surface area contributed by atoms with Crippen molar-refractivity contribution < 1.29 is 9.90 Å². The van der Waals surface area contributed by atoms with E-state index >= 15 is 0 Å². The van der Waals surface area contributed by atoms with Crippen molar-refractivity contribution in [2.45, 2.75) is 0 Å². The zero-order chi connectivity index (χ0) is 9.84. The molecule has 0 atom stereocenters. The van der Waals surface area contributed by atoms with Crippen molar-refractivity contribution in [3.05, 3.63) is 22.6 Å². The fraction of sp³-hybridized carbons (Fsp3) is 0.286. The van der Waals surface area contributed by atoms with Gasteiger partial charge < -0.3 is 10.0 Å². The first-order valence-corrected chi connectivity index (χ1v) is 3.57. The lowest BCUT2D eigenvalue weighted by Crippen LogP contribution is -2.26. The molecule has 0 unspecified atom stereocenters. The van der Waals surface area contributed by atoms with Crippen molar-refractivity contribution in [2.24, 2.45) is 0 Å². The Morgan fingerprint density at radius 1 is 1.77 bits per heavy atom. The van der Waals surface area contributed by atoms with Crippen LogP contribution in [0, 0.1) is 0 Å². The molecule has 0 aromatic carbocycles. The molecule has 1 rings (SSSR count). The van der Waals surface area contributed by atoms with Crippen LogP contribution < -0.4 is 10.5 Å². The van der Waals surface area contributed by atoms with Crippen LogP contribution in [-0.4, -0.2) is 34.9 Å². The van der Waals surface area contributed by atoms with E-state index in [1.807, 2.05) is 0 Å². The van der Waals surface area contributed by atoms with Crippen molar-refractivity contribution in [1.82, 2.24) is 10.2 Å². The Bertz CT molecular complexity index is 360. The first kappa shape index (κ1) is 9.24. The van der Waals surface area contributed by atoms with Crippen LogP contribution in [0.2, 0.25) is 0 Å². The predicted molar refractivity (Wildman–Crippen MR) is 45.8 cm³/mol. The van der Waals surface area contributed by atoms with Crippen LogP contribution in [0.15, 0.2) is 17.1 Å². The molecule has 1 aromatic heterocycles. The van der Waals surface area contributed by atoms with Crippen LogP contribution in [0.3, 0.4) is 0 Å². The van der Waals surface area contributed by atoms with Gasteiger partial charge in [-0.1, -0.05) is 0 Å². The van der Waals surface area contributed by atoms with Gasteiger partial charge in [0.25, 0.3) is 5.56 Å². The zero-order valence-corrected chi connectivity index (χ0v) is 7.02. The molecule has 0 fully saturated rings. The van der Waals surface area contributed by atoms with E-state index in [4.69, 9.17) is 5.11 Å². The highest BCUT2D eigenvalue weighted by molar-refractivity contribution is 5.73. The van der Waals surface area contributed by atoms with E-state index in [1.165, 1.54) is 17.2 Å². The Morgan fingerprint density at radius 3 is 3.00 bits per heavy atom. The van der Waals surface area contributed by atoms with Crippen molar-refractivity contribution in [2.75, 3.05) is 18.5 Å². The molecule has 0 bridgehead atoms. The number of carboxylic acid groups (broad SMARTS) is 1. The SMILES string of the molecule is CN(CC(=O)O)c1cn[nH]c(=O)c1. The van der Waals surface area contributed by atoms with Crippen LogP contribution >= 0.6 is 0 Å². The summed E-state index contributed by atoms with van der Waals surface area (Å²) in [7, 11) is 1.57. The molecule has 13 heavy (non-hydrogen) atoms. The fourth-order valence-electron chi connectivity index (χ4n) is 0.869. The monoisotopic (exact) mass is 183 g/mol. The quantitative estimate of drug-likeness (QED) is 0.646. The maximum atomic E-state index is 10.8. The van der Waals surface area contributed by atoms with Gasteiger partial charge in [0.05, 0.1) is 11.9 Å². The van der Waals surface area contributed by atoms with Gasteiger partial charge in [-0.2, -0.15) is 5.10 Å². The van der Waals surface area contributed by atoms with Gasteiger partial charge in [-0.3, -0.25) is 9.59 Å². The van der Waals surface area contributed by atoms with E-state index in [-0.39, 0.29) is 12.1 Å². The van der Waals surface area contributed by atoms with Crippen LogP contribution in [0.4, 0.5) is 5.69 Å². The second-order valence-corrected chi connectivity index (χ2v) is 2.55. The third-order valence-electron chi connectivity index (χ3n) is 1.46. The Balaban J connectivity index is 2.82. The molecular formula is C7H9N3O3. The first-order valence-electron chi connectivity index (χ1n) is 3.57.